The van der Waals surface area contributed by atoms with Gasteiger partial charge in [0.05, 0.1) is 16.8 Å². The molecule has 10 aromatic rings. The largest absolute Gasteiger partial charge is 0.454 e. The van der Waals surface area contributed by atoms with Crippen molar-refractivity contribution in [3.63, 3.8) is 0 Å². The standard InChI is InChI=1S/C47H30N2O2/c1-3-13-31(14-4-1)32-25-27-35(28-26-32)49(41-23-10-9-20-38(41)37-21-11-18-33-15-7-8-19-36(33)37)42-24-12-22-39-44-43(50-45(39)42)30-29-40-46(44)51-47(48-40)34-16-5-2-6-17-34/h1-30H. The highest BCUT2D eigenvalue weighted by Gasteiger charge is 2.24. The third kappa shape index (κ3) is 4.88. The zero-order valence-electron chi connectivity index (χ0n) is 27.5. The first-order valence-corrected chi connectivity index (χ1v) is 17.1. The van der Waals surface area contributed by atoms with E-state index in [0.717, 1.165) is 66.8 Å². The number of hydrogen-bond acceptors (Lipinski definition) is 4. The number of oxazole rings is 1. The Hall–Kier alpha value is -6.91. The summed E-state index contributed by atoms with van der Waals surface area (Å²) < 4.78 is 13.3. The van der Waals surface area contributed by atoms with Crippen LogP contribution in [0.3, 0.4) is 0 Å². The van der Waals surface area contributed by atoms with Gasteiger partial charge in [-0.25, -0.2) is 4.98 Å². The molecule has 0 aliphatic heterocycles. The number of nitrogens with zero attached hydrogens (tertiary/aromatic N) is 2. The maximum Gasteiger partial charge on any atom is 0.227 e. The molecule has 0 aliphatic rings. The molecule has 10 rings (SSSR count). The van der Waals surface area contributed by atoms with Crippen molar-refractivity contribution in [1.82, 2.24) is 4.98 Å². The monoisotopic (exact) mass is 654 g/mol. The number of rotatable bonds is 6. The van der Waals surface area contributed by atoms with Crippen LogP contribution in [-0.4, -0.2) is 4.98 Å². The summed E-state index contributed by atoms with van der Waals surface area (Å²) >= 11 is 0. The average molecular weight is 655 g/mol. The van der Waals surface area contributed by atoms with Crippen LogP contribution in [0.1, 0.15) is 0 Å². The molecular weight excluding hydrogens is 625 g/mol. The molecule has 0 radical (unpaired) electrons. The Kier molecular flexibility index (Phi) is 6.78. The first-order chi connectivity index (χ1) is 25.3. The molecule has 0 bridgehead atoms. The Morgan fingerprint density at radius 3 is 1.88 bits per heavy atom. The van der Waals surface area contributed by atoms with E-state index in [1.807, 2.05) is 48.5 Å². The van der Waals surface area contributed by atoms with Crippen LogP contribution in [0.4, 0.5) is 17.1 Å². The maximum absolute atomic E-state index is 6.81. The van der Waals surface area contributed by atoms with Gasteiger partial charge in [-0.1, -0.05) is 133 Å². The van der Waals surface area contributed by atoms with Crippen molar-refractivity contribution in [1.29, 1.82) is 0 Å². The normalized spacial score (nSPS) is 11.5. The fraction of sp³-hybridized carbons (Fsp3) is 0. The van der Waals surface area contributed by atoms with Crippen molar-refractivity contribution in [3.8, 4) is 33.7 Å². The number of anilines is 3. The van der Waals surface area contributed by atoms with Crippen LogP contribution in [-0.2, 0) is 0 Å². The lowest BCUT2D eigenvalue weighted by Gasteiger charge is -2.28. The van der Waals surface area contributed by atoms with Crippen molar-refractivity contribution in [3.05, 3.63) is 182 Å². The zero-order valence-corrected chi connectivity index (χ0v) is 27.5. The second-order valence-electron chi connectivity index (χ2n) is 12.7. The van der Waals surface area contributed by atoms with E-state index in [-0.39, 0.29) is 0 Å². The molecule has 0 fully saturated rings. The van der Waals surface area contributed by atoms with Crippen LogP contribution in [0.25, 0.3) is 77.5 Å². The lowest BCUT2D eigenvalue weighted by molar-refractivity contribution is 0.622. The molecule has 2 aromatic heterocycles. The van der Waals surface area contributed by atoms with Gasteiger partial charge in [0.15, 0.2) is 11.2 Å². The van der Waals surface area contributed by atoms with Gasteiger partial charge < -0.3 is 13.7 Å². The lowest BCUT2D eigenvalue weighted by Crippen LogP contribution is -2.11. The number of aromatic nitrogens is 1. The number of benzene rings is 8. The molecule has 0 spiro atoms. The molecular formula is C47H30N2O2. The SMILES string of the molecule is c1ccc(-c2ccc(N(c3ccccc3-c3cccc4ccccc34)c3cccc4c3oc3ccc5nc(-c6ccccc6)oc5c34)cc2)cc1. The Labute approximate surface area is 294 Å². The molecule has 0 amide bonds. The first-order valence-electron chi connectivity index (χ1n) is 17.1. The number of fused-ring (bicyclic) bond motifs is 6. The third-order valence-corrected chi connectivity index (χ3v) is 9.71. The smallest absolute Gasteiger partial charge is 0.227 e. The summed E-state index contributed by atoms with van der Waals surface area (Å²) in [7, 11) is 0. The van der Waals surface area contributed by atoms with Gasteiger partial charge in [0.1, 0.15) is 11.1 Å². The molecule has 0 atom stereocenters. The van der Waals surface area contributed by atoms with Gasteiger partial charge >= 0.3 is 0 Å². The second-order valence-corrected chi connectivity index (χ2v) is 12.7. The zero-order chi connectivity index (χ0) is 33.7. The Bertz CT molecular complexity index is 2850. The van der Waals surface area contributed by atoms with Crippen LogP contribution in [0.15, 0.2) is 191 Å². The molecule has 0 N–H and O–H groups in total. The summed E-state index contributed by atoms with van der Waals surface area (Å²) in [6.45, 7) is 0. The quantitative estimate of drug-likeness (QED) is 0.179. The Morgan fingerprint density at radius 1 is 0.412 bits per heavy atom. The molecule has 0 saturated heterocycles. The maximum atomic E-state index is 6.81. The Balaban J connectivity index is 1.22. The van der Waals surface area contributed by atoms with Gasteiger partial charge in [-0.05, 0) is 76.0 Å². The highest BCUT2D eigenvalue weighted by Crippen LogP contribution is 2.47. The predicted molar refractivity (Wildman–Crippen MR) is 210 cm³/mol. The minimum atomic E-state index is 0.591. The van der Waals surface area contributed by atoms with Gasteiger partial charge in [0.2, 0.25) is 5.89 Å². The Morgan fingerprint density at radius 2 is 1.04 bits per heavy atom. The fourth-order valence-corrected chi connectivity index (χ4v) is 7.33. The summed E-state index contributed by atoms with van der Waals surface area (Å²) in [5.41, 5.74) is 11.6. The molecule has 2 heterocycles. The molecule has 0 unspecified atom stereocenters. The predicted octanol–water partition coefficient (Wildman–Crippen LogP) is 13.4. The van der Waals surface area contributed by atoms with E-state index in [2.05, 4.69) is 138 Å². The molecule has 0 saturated carbocycles. The van der Waals surface area contributed by atoms with Gasteiger partial charge in [0, 0.05) is 22.2 Å². The minimum absolute atomic E-state index is 0.591. The van der Waals surface area contributed by atoms with E-state index >= 15 is 0 Å². The van der Waals surface area contributed by atoms with E-state index < -0.39 is 0 Å². The molecule has 51 heavy (non-hydrogen) atoms. The van der Waals surface area contributed by atoms with Gasteiger partial charge in [-0.3, -0.25) is 0 Å². The van der Waals surface area contributed by atoms with Crippen LogP contribution < -0.4 is 4.90 Å². The van der Waals surface area contributed by atoms with Crippen LogP contribution >= 0.6 is 0 Å². The van der Waals surface area contributed by atoms with Crippen molar-refractivity contribution in [2.45, 2.75) is 0 Å². The second kappa shape index (κ2) is 11.9. The van der Waals surface area contributed by atoms with Crippen LogP contribution in [0.2, 0.25) is 0 Å². The van der Waals surface area contributed by atoms with Crippen molar-refractivity contribution in [2.75, 3.05) is 4.90 Å². The van der Waals surface area contributed by atoms with Gasteiger partial charge in [-0.2, -0.15) is 0 Å². The number of furan rings is 1. The minimum Gasteiger partial charge on any atom is -0.454 e. The van der Waals surface area contributed by atoms with Gasteiger partial charge in [0.25, 0.3) is 0 Å². The summed E-state index contributed by atoms with van der Waals surface area (Å²) in [6, 6.07) is 63.4. The van der Waals surface area contributed by atoms with Crippen LogP contribution in [0.5, 0.6) is 0 Å². The van der Waals surface area contributed by atoms with E-state index in [1.54, 1.807) is 0 Å². The van der Waals surface area contributed by atoms with Gasteiger partial charge in [-0.15, -0.1) is 0 Å². The number of hydrogen-bond donors (Lipinski definition) is 0. The van der Waals surface area contributed by atoms with Crippen molar-refractivity contribution >= 4 is 60.9 Å². The van der Waals surface area contributed by atoms with Crippen molar-refractivity contribution < 1.29 is 8.83 Å². The highest BCUT2D eigenvalue weighted by molar-refractivity contribution is 6.19. The van der Waals surface area contributed by atoms with Crippen molar-refractivity contribution in [2.24, 2.45) is 0 Å². The van der Waals surface area contributed by atoms with E-state index in [9.17, 15) is 0 Å². The summed E-state index contributed by atoms with van der Waals surface area (Å²) in [4.78, 5) is 7.18. The molecule has 4 nitrogen and oxygen atoms in total. The topological polar surface area (TPSA) is 42.4 Å². The molecule has 4 heteroatoms. The fourth-order valence-electron chi connectivity index (χ4n) is 7.33. The first kappa shape index (κ1) is 29.0. The third-order valence-electron chi connectivity index (χ3n) is 9.71. The van der Waals surface area contributed by atoms with E-state index in [4.69, 9.17) is 13.8 Å². The average Bonchev–Trinajstić information content (AvgIpc) is 3.81. The summed E-state index contributed by atoms with van der Waals surface area (Å²) in [6.07, 6.45) is 0. The summed E-state index contributed by atoms with van der Waals surface area (Å²) in [5, 5.41) is 4.29. The van der Waals surface area contributed by atoms with Crippen LogP contribution in [0, 0.1) is 0 Å². The molecule has 240 valence electrons. The lowest BCUT2D eigenvalue weighted by atomic mass is 9.96. The van der Waals surface area contributed by atoms with E-state index in [0.29, 0.717) is 5.89 Å². The number of para-hydroxylation sites is 2. The van der Waals surface area contributed by atoms with E-state index in [1.165, 1.54) is 21.9 Å². The molecule has 0 aliphatic carbocycles. The summed E-state index contributed by atoms with van der Waals surface area (Å²) in [5.74, 6) is 0.591. The highest BCUT2D eigenvalue weighted by atomic mass is 16.4. The molecule has 8 aromatic carbocycles.